The maximum Gasteiger partial charge on any atom is 0.0499 e. The van der Waals surface area contributed by atoms with Crippen molar-refractivity contribution in [3.63, 3.8) is 0 Å². The topological polar surface area (TPSA) is 20.2 Å². The lowest BCUT2D eigenvalue weighted by atomic mass is 9.99. The zero-order chi connectivity index (χ0) is 10.6. The van der Waals surface area contributed by atoms with Crippen molar-refractivity contribution in [2.75, 3.05) is 12.9 Å². The molecule has 1 N–H and O–H groups in total. The molecule has 14 heavy (non-hydrogen) atoms. The quantitative estimate of drug-likeness (QED) is 0.769. The van der Waals surface area contributed by atoms with Crippen LogP contribution in [0.1, 0.15) is 24.0 Å². The highest BCUT2D eigenvalue weighted by Gasteiger charge is 2.06. The first-order valence-corrected chi connectivity index (χ1v) is 6.05. The van der Waals surface area contributed by atoms with Crippen LogP contribution in [0.15, 0.2) is 23.1 Å². The van der Waals surface area contributed by atoms with Crippen molar-refractivity contribution in [2.45, 2.75) is 24.2 Å². The zero-order valence-electron chi connectivity index (χ0n) is 8.79. The normalized spacial score (nSPS) is 12.9. The molecule has 1 aromatic carbocycles. The number of thioether (sulfide) groups is 1. The van der Waals surface area contributed by atoms with Crippen molar-refractivity contribution in [3.05, 3.63) is 36.2 Å². The Labute approximate surface area is 90.5 Å². The lowest BCUT2D eigenvalue weighted by molar-refractivity contribution is 0.282. The molecule has 1 radical (unpaired) electrons. The fourth-order valence-electron chi connectivity index (χ4n) is 1.35. The number of aryl methyl sites for hydroxylation is 1. The molecule has 0 saturated heterocycles. The largest absolute Gasteiger partial charge is 0.396 e. The van der Waals surface area contributed by atoms with Crippen LogP contribution in [-0.2, 0) is 6.42 Å². The maximum absolute atomic E-state index is 9.05. The monoisotopic (exact) mass is 209 g/mol. The summed E-state index contributed by atoms with van der Waals surface area (Å²) in [6, 6.07) is 6.43. The number of benzene rings is 1. The van der Waals surface area contributed by atoms with Crippen molar-refractivity contribution in [1.29, 1.82) is 0 Å². The Hall–Kier alpha value is -0.470. The van der Waals surface area contributed by atoms with Crippen LogP contribution in [0.4, 0.5) is 0 Å². The van der Waals surface area contributed by atoms with Gasteiger partial charge in [0.05, 0.1) is 0 Å². The molecule has 1 aromatic rings. The molecule has 0 spiro atoms. The van der Waals surface area contributed by atoms with Crippen LogP contribution in [0.2, 0.25) is 0 Å². The van der Waals surface area contributed by atoms with Gasteiger partial charge in [-0.05, 0) is 42.9 Å². The van der Waals surface area contributed by atoms with Crippen LogP contribution in [0.3, 0.4) is 0 Å². The summed E-state index contributed by atoms with van der Waals surface area (Å²) in [6.45, 7) is 6.17. The molecule has 0 aromatic heterocycles. The van der Waals surface area contributed by atoms with Gasteiger partial charge in [0.15, 0.2) is 0 Å². The van der Waals surface area contributed by atoms with E-state index in [4.69, 9.17) is 5.11 Å². The highest BCUT2D eigenvalue weighted by Crippen LogP contribution is 2.24. The van der Waals surface area contributed by atoms with E-state index in [1.165, 1.54) is 10.5 Å². The molecule has 1 rings (SSSR count). The predicted octanol–water partition coefficient (Wildman–Crippen LogP) is 2.88. The average molecular weight is 209 g/mol. The second-order valence-corrected chi connectivity index (χ2v) is 4.23. The molecule has 2 heteroatoms. The Balaban J connectivity index is 3.04. The molecule has 0 aliphatic rings. The molecular formula is C12H17OS. The highest BCUT2D eigenvalue weighted by molar-refractivity contribution is 7.98. The van der Waals surface area contributed by atoms with Gasteiger partial charge in [-0.2, -0.15) is 0 Å². The molecule has 0 saturated carbocycles. The maximum atomic E-state index is 9.05. The van der Waals surface area contributed by atoms with Crippen molar-refractivity contribution >= 4 is 11.8 Å². The first-order valence-electron chi connectivity index (χ1n) is 4.83. The third-order valence-electron chi connectivity index (χ3n) is 2.32. The number of rotatable bonds is 4. The summed E-state index contributed by atoms with van der Waals surface area (Å²) in [6.07, 6.45) is 3.09. The van der Waals surface area contributed by atoms with Crippen molar-refractivity contribution < 1.29 is 5.11 Å². The van der Waals surface area contributed by atoms with Gasteiger partial charge < -0.3 is 5.11 Å². The molecule has 0 fully saturated rings. The summed E-state index contributed by atoms with van der Waals surface area (Å²) in [7, 11) is 0. The van der Waals surface area contributed by atoms with Crippen LogP contribution in [0.5, 0.6) is 0 Å². The average Bonchev–Trinajstić information content (AvgIpc) is 2.27. The molecule has 0 amide bonds. The zero-order valence-corrected chi connectivity index (χ0v) is 9.60. The molecule has 77 valence electrons. The Kier molecular flexibility index (Phi) is 4.49. The van der Waals surface area contributed by atoms with E-state index in [1.807, 2.05) is 0 Å². The van der Waals surface area contributed by atoms with Gasteiger partial charge in [-0.25, -0.2) is 0 Å². The summed E-state index contributed by atoms with van der Waals surface area (Å²) in [5, 5.41) is 9.05. The van der Waals surface area contributed by atoms with Crippen LogP contribution in [0.25, 0.3) is 0 Å². The smallest absolute Gasteiger partial charge is 0.0499 e. The summed E-state index contributed by atoms with van der Waals surface area (Å²) < 4.78 is 0. The minimum atomic E-state index is -0.00704. The van der Waals surface area contributed by atoms with Crippen LogP contribution in [-0.4, -0.2) is 18.0 Å². The molecule has 1 atom stereocenters. The number of hydrogen-bond donors (Lipinski definition) is 1. The molecule has 0 aliphatic heterocycles. The third-order valence-corrected chi connectivity index (χ3v) is 3.03. The van der Waals surface area contributed by atoms with Crippen molar-refractivity contribution in [1.82, 2.24) is 0 Å². The van der Waals surface area contributed by atoms with Gasteiger partial charge in [0.1, 0.15) is 0 Å². The Morgan fingerprint density at radius 3 is 2.64 bits per heavy atom. The lowest BCUT2D eigenvalue weighted by Crippen LogP contribution is -2.00. The standard InChI is InChI=1S/C12H17OS/c1-4-10-5-11(9(2)8-13)7-12(6-10)14-3/h5-7,9,13H,2,4,8H2,1,3H3. The minimum absolute atomic E-state index is 0.00704. The van der Waals surface area contributed by atoms with Gasteiger partial charge in [-0.1, -0.05) is 13.0 Å². The van der Waals surface area contributed by atoms with Crippen LogP contribution < -0.4 is 0 Å². The van der Waals surface area contributed by atoms with E-state index in [0.717, 1.165) is 12.0 Å². The van der Waals surface area contributed by atoms with Crippen molar-refractivity contribution in [3.8, 4) is 0 Å². The first-order chi connectivity index (χ1) is 6.71. The van der Waals surface area contributed by atoms with E-state index < -0.39 is 0 Å². The van der Waals surface area contributed by atoms with Crippen molar-refractivity contribution in [2.24, 2.45) is 0 Å². The second-order valence-electron chi connectivity index (χ2n) is 3.35. The molecular weight excluding hydrogens is 192 g/mol. The third kappa shape index (κ3) is 2.76. The molecule has 1 unspecified atom stereocenters. The summed E-state index contributed by atoms with van der Waals surface area (Å²) >= 11 is 1.73. The Morgan fingerprint density at radius 2 is 2.14 bits per heavy atom. The Morgan fingerprint density at radius 1 is 1.43 bits per heavy atom. The van der Waals surface area contributed by atoms with E-state index >= 15 is 0 Å². The summed E-state index contributed by atoms with van der Waals surface area (Å²) in [4.78, 5) is 1.25. The van der Waals surface area contributed by atoms with Gasteiger partial charge >= 0.3 is 0 Å². The van der Waals surface area contributed by atoms with Crippen LogP contribution >= 0.6 is 11.8 Å². The van der Waals surface area contributed by atoms with E-state index in [1.54, 1.807) is 11.8 Å². The fraction of sp³-hybridized carbons (Fsp3) is 0.417. The first kappa shape index (κ1) is 11.6. The van der Waals surface area contributed by atoms with E-state index in [0.29, 0.717) is 0 Å². The minimum Gasteiger partial charge on any atom is -0.396 e. The number of hydrogen-bond acceptors (Lipinski definition) is 2. The van der Waals surface area contributed by atoms with E-state index in [2.05, 4.69) is 38.3 Å². The lowest BCUT2D eigenvalue weighted by Gasteiger charge is -2.11. The SMILES string of the molecule is [CH2]C(CO)c1cc(CC)cc(SC)c1. The molecule has 1 nitrogen and oxygen atoms in total. The van der Waals surface area contributed by atoms with Gasteiger partial charge in [-0.3, -0.25) is 0 Å². The summed E-state index contributed by atoms with van der Waals surface area (Å²) in [5.74, 6) is -0.00704. The number of aliphatic hydroxyl groups is 1. The second kappa shape index (κ2) is 5.42. The van der Waals surface area contributed by atoms with Crippen LogP contribution in [0, 0.1) is 6.92 Å². The highest BCUT2D eigenvalue weighted by atomic mass is 32.2. The van der Waals surface area contributed by atoms with Gasteiger partial charge in [0.2, 0.25) is 0 Å². The van der Waals surface area contributed by atoms with E-state index in [9.17, 15) is 0 Å². The fourth-order valence-corrected chi connectivity index (χ4v) is 1.87. The number of aliphatic hydroxyl groups excluding tert-OH is 1. The summed E-state index contributed by atoms with van der Waals surface area (Å²) in [5.41, 5.74) is 2.45. The molecule has 0 bridgehead atoms. The molecule has 0 heterocycles. The van der Waals surface area contributed by atoms with Gasteiger partial charge in [0, 0.05) is 17.4 Å². The van der Waals surface area contributed by atoms with E-state index in [-0.39, 0.29) is 12.5 Å². The predicted molar refractivity (Wildman–Crippen MR) is 62.8 cm³/mol. The van der Waals surface area contributed by atoms with Gasteiger partial charge in [0.25, 0.3) is 0 Å². The molecule has 0 aliphatic carbocycles. The van der Waals surface area contributed by atoms with Gasteiger partial charge in [-0.15, -0.1) is 11.8 Å². The Bertz CT molecular complexity index is 274.